The number of methoxy groups -OCH3 is 2. The van der Waals surface area contributed by atoms with Crippen LogP contribution in [0.4, 0.5) is 0 Å². The Labute approximate surface area is 120 Å². The van der Waals surface area contributed by atoms with Crippen molar-refractivity contribution in [3.63, 3.8) is 0 Å². The lowest BCUT2D eigenvalue weighted by molar-refractivity contribution is 0.0588. The number of rotatable bonds is 6. The van der Waals surface area contributed by atoms with E-state index in [1.807, 2.05) is 0 Å². The summed E-state index contributed by atoms with van der Waals surface area (Å²) in [5.41, 5.74) is 0.680. The third-order valence-corrected chi connectivity index (χ3v) is 3.24. The van der Waals surface area contributed by atoms with Gasteiger partial charge in [-0.3, -0.25) is 0 Å². The van der Waals surface area contributed by atoms with Crippen molar-refractivity contribution in [3.05, 3.63) is 17.2 Å². The highest BCUT2D eigenvalue weighted by atomic mass is 16.5. The Morgan fingerprint density at radius 3 is 2.76 bits per heavy atom. The Hall–Kier alpha value is -2.36. The molecule has 0 radical (unpaired) electrons. The molecular weight excluding hydrogens is 278 g/mol. The molecule has 1 aliphatic carbocycles. The summed E-state index contributed by atoms with van der Waals surface area (Å²) in [4.78, 5) is 11.7. The molecule has 0 atom stereocenters. The van der Waals surface area contributed by atoms with Gasteiger partial charge in [-0.15, -0.1) is 10.2 Å². The molecule has 2 aromatic rings. The highest BCUT2D eigenvalue weighted by molar-refractivity contribution is 5.88. The summed E-state index contributed by atoms with van der Waals surface area (Å²) in [5, 5.41) is 19.5. The molecule has 3 rings (SSSR count). The molecule has 21 heavy (non-hydrogen) atoms. The normalized spacial score (nSPS) is 14.4. The fourth-order valence-electron chi connectivity index (χ4n) is 2.05. The SMILES string of the molecule is COCc1c(C(=O)OC)nnn1Cc1nnnn1C1CC1. The number of ether oxygens (including phenoxy) is 2. The van der Waals surface area contributed by atoms with Crippen LogP contribution in [0.5, 0.6) is 0 Å². The van der Waals surface area contributed by atoms with E-state index in [9.17, 15) is 4.79 Å². The van der Waals surface area contributed by atoms with Gasteiger partial charge in [-0.25, -0.2) is 14.2 Å². The smallest absolute Gasteiger partial charge is 0.360 e. The lowest BCUT2D eigenvalue weighted by atomic mass is 10.3. The summed E-state index contributed by atoms with van der Waals surface area (Å²) in [6.45, 7) is 0.522. The van der Waals surface area contributed by atoms with Gasteiger partial charge in [0.1, 0.15) is 6.54 Å². The number of nitrogens with zero attached hydrogens (tertiary/aromatic N) is 7. The first-order chi connectivity index (χ1) is 10.2. The van der Waals surface area contributed by atoms with E-state index in [0.29, 0.717) is 24.1 Å². The van der Waals surface area contributed by atoms with Gasteiger partial charge in [0.15, 0.2) is 11.5 Å². The molecule has 1 saturated carbocycles. The molecular formula is C11H15N7O3. The molecule has 10 nitrogen and oxygen atoms in total. The van der Waals surface area contributed by atoms with Crippen LogP contribution in [0.15, 0.2) is 0 Å². The van der Waals surface area contributed by atoms with E-state index in [4.69, 9.17) is 4.74 Å². The minimum absolute atomic E-state index is 0.143. The maximum absolute atomic E-state index is 11.7. The van der Waals surface area contributed by atoms with Crippen LogP contribution >= 0.6 is 0 Å². The van der Waals surface area contributed by atoms with Crippen molar-refractivity contribution in [2.45, 2.75) is 32.0 Å². The topological polar surface area (TPSA) is 110 Å². The number of aromatic nitrogens is 7. The van der Waals surface area contributed by atoms with Crippen molar-refractivity contribution in [1.82, 2.24) is 35.2 Å². The lowest BCUT2D eigenvalue weighted by Gasteiger charge is -2.06. The zero-order valence-corrected chi connectivity index (χ0v) is 11.8. The van der Waals surface area contributed by atoms with Crippen molar-refractivity contribution >= 4 is 5.97 Å². The van der Waals surface area contributed by atoms with Gasteiger partial charge in [-0.2, -0.15) is 0 Å². The fraction of sp³-hybridized carbons (Fsp3) is 0.636. The molecule has 2 heterocycles. The van der Waals surface area contributed by atoms with Crippen molar-refractivity contribution in [1.29, 1.82) is 0 Å². The van der Waals surface area contributed by atoms with E-state index in [-0.39, 0.29) is 12.3 Å². The number of esters is 1. The van der Waals surface area contributed by atoms with Crippen LogP contribution in [-0.4, -0.2) is 55.4 Å². The Morgan fingerprint density at radius 2 is 2.10 bits per heavy atom. The third kappa shape index (κ3) is 2.61. The largest absolute Gasteiger partial charge is 0.464 e. The molecule has 0 unspecified atom stereocenters. The first kappa shape index (κ1) is 13.6. The summed E-state index contributed by atoms with van der Waals surface area (Å²) in [6.07, 6.45) is 2.15. The maximum atomic E-state index is 11.7. The maximum Gasteiger partial charge on any atom is 0.360 e. The average Bonchev–Trinajstić information content (AvgIpc) is 3.11. The van der Waals surface area contributed by atoms with Crippen molar-refractivity contribution < 1.29 is 14.3 Å². The zero-order chi connectivity index (χ0) is 14.8. The zero-order valence-electron chi connectivity index (χ0n) is 11.8. The predicted octanol–water partition coefficient (Wildman–Crippen LogP) is -0.419. The molecule has 112 valence electrons. The Balaban J connectivity index is 1.89. The summed E-state index contributed by atoms with van der Waals surface area (Å²) < 4.78 is 13.1. The number of carbonyl (C=O) groups is 1. The quantitative estimate of drug-likeness (QED) is 0.660. The van der Waals surface area contributed by atoms with E-state index >= 15 is 0 Å². The van der Waals surface area contributed by atoms with E-state index in [0.717, 1.165) is 12.8 Å². The van der Waals surface area contributed by atoms with Gasteiger partial charge >= 0.3 is 5.97 Å². The van der Waals surface area contributed by atoms with Gasteiger partial charge < -0.3 is 9.47 Å². The summed E-state index contributed by atoms with van der Waals surface area (Å²) in [6, 6.07) is 0.365. The number of tetrazole rings is 1. The van der Waals surface area contributed by atoms with Gasteiger partial charge in [-0.05, 0) is 23.3 Å². The van der Waals surface area contributed by atoms with Crippen LogP contribution in [0.1, 0.15) is 40.9 Å². The molecule has 0 bridgehead atoms. The van der Waals surface area contributed by atoms with Gasteiger partial charge in [0.25, 0.3) is 0 Å². The Kier molecular flexibility index (Phi) is 3.60. The average molecular weight is 293 g/mol. The second-order valence-electron chi connectivity index (χ2n) is 4.74. The van der Waals surface area contributed by atoms with Crippen molar-refractivity contribution in [2.24, 2.45) is 0 Å². The summed E-state index contributed by atoms with van der Waals surface area (Å²) >= 11 is 0. The number of carbonyl (C=O) groups excluding carboxylic acids is 1. The molecule has 1 fully saturated rings. The second kappa shape index (κ2) is 5.56. The molecule has 10 heteroatoms. The summed E-state index contributed by atoms with van der Waals surface area (Å²) in [5.74, 6) is 0.131. The first-order valence-corrected chi connectivity index (χ1v) is 6.51. The lowest BCUT2D eigenvalue weighted by Crippen LogP contribution is -2.14. The highest BCUT2D eigenvalue weighted by Gasteiger charge is 2.28. The predicted molar refractivity (Wildman–Crippen MR) is 67.3 cm³/mol. The monoisotopic (exact) mass is 293 g/mol. The third-order valence-electron chi connectivity index (χ3n) is 3.24. The fourth-order valence-corrected chi connectivity index (χ4v) is 2.05. The van der Waals surface area contributed by atoms with E-state index < -0.39 is 5.97 Å². The summed E-state index contributed by atoms with van der Waals surface area (Å²) in [7, 11) is 2.83. The van der Waals surface area contributed by atoms with Crippen molar-refractivity contribution in [2.75, 3.05) is 14.2 Å². The van der Waals surface area contributed by atoms with Gasteiger partial charge in [-0.1, -0.05) is 5.21 Å². The van der Waals surface area contributed by atoms with Crippen LogP contribution in [0.2, 0.25) is 0 Å². The minimum atomic E-state index is -0.546. The molecule has 0 aromatic carbocycles. The van der Waals surface area contributed by atoms with E-state index in [1.54, 1.807) is 9.36 Å². The molecule has 0 N–H and O–H groups in total. The van der Waals surface area contributed by atoms with Crippen molar-refractivity contribution in [3.8, 4) is 0 Å². The van der Waals surface area contributed by atoms with Crippen LogP contribution < -0.4 is 0 Å². The highest BCUT2D eigenvalue weighted by Crippen LogP contribution is 2.34. The molecule has 2 aromatic heterocycles. The van der Waals surface area contributed by atoms with Gasteiger partial charge in [0, 0.05) is 7.11 Å². The van der Waals surface area contributed by atoms with Crippen LogP contribution in [0, 0.1) is 0 Å². The van der Waals surface area contributed by atoms with Crippen LogP contribution in [0.25, 0.3) is 0 Å². The molecule has 0 spiro atoms. The van der Waals surface area contributed by atoms with Gasteiger partial charge in [0.05, 0.1) is 25.5 Å². The Morgan fingerprint density at radius 1 is 1.29 bits per heavy atom. The van der Waals surface area contributed by atoms with Crippen LogP contribution in [-0.2, 0) is 22.6 Å². The number of hydrogen-bond donors (Lipinski definition) is 0. The van der Waals surface area contributed by atoms with Crippen LogP contribution in [0.3, 0.4) is 0 Å². The second-order valence-corrected chi connectivity index (χ2v) is 4.74. The van der Waals surface area contributed by atoms with E-state index in [2.05, 4.69) is 30.6 Å². The molecule has 0 aliphatic heterocycles. The first-order valence-electron chi connectivity index (χ1n) is 6.51. The Bertz CT molecular complexity index is 646. The molecule has 0 saturated heterocycles. The van der Waals surface area contributed by atoms with E-state index in [1.165, 1.54) is 14.2 Å². The van der Waals surface area contributed by atoms with Gasteiger partial charge in [0.2, 0.25) is 0 Å². The molecule has 1 aliphatic rings. The standard InChI is InChI=1S/C11H15N7O3/c1-20-6-8-10(11(19)21-2)13-15-17(8)5-9-12-14-16-18(9)7-3-4-7/h7H,3-6H2,1-2H3. The minimum Gasteiger partial charge on any atom is -0.464 e. The molecule has 0 amide bonds. The number of hydrogen-bond acceptors (Lipinski definition) is 8.